The minimum Gasteiger partial charge on any atom is -0.469 e. The van der Waals surface area contributed by atoms with E-state index in [4.69, 9.17) is 0 Å². The van der Waals surface area contributed by atoms with Crippen molar-refractivity contribution in [2.75, 3.05) is 20.2 Å². The lowest BCUT2D eigenvalue weighted by molar-refractivity contribution is -0.157. The van der Waals surface area contributed by atoms with Gasteiger partial charge in [0.15, 0.2) is 0 Å². The number of carbonyl (C=O) groups is 2. The van der Waals surface area contributed by atoms with Crippen LogP contribution in [-0.4, -0.2) is 43.2 Å². The molecule has 0 aromatic heterocycles. The van der Waals surface area contributed by atoms with Gasteiger partial charge < -0.3 is 9.64 Å². The van der Waals surface area contributed by atoms with Crippen LogP contribution in [0.15, 0.2) is 0 Å². The van der Waals surface area contributed by atoms with Crippen molar-refractivity contribution in [2.45, 2.75) is 12.6 Å². The Hall–Kier alpha value is -1.27. The van der Waals surface area contributed by atoms with Crippen LogP contribution in [0.1, 0.15) is 6.42 Å². The maximum Gasteiger partial charge on any atom is 0.406 e. The number of likely N-dealkylation sites (tertiary alicyclic amines) is 1. The molecule has 1 unspecified atom stereocenters. The van der Waals surface area contributed by atoms with Crippen molar-refractivity contribution in [1.82, 2.24) is 4.90 Å². The van der Waals surface area contributed by atoms with Crippen molar-refractivity contribution in [3.05, 3.63) is 0 Å². The lowest BCUT2D eigenvalue weighted by atomic mass is 10.1. The molecule has 1 aliphatic heterocycles. The number of halogens is 3. The molecule has 0 aromatic rings. The van der Waals surface area contributed by atoms with Gasteiger partial charge in [-0.2, -0.15) is 13.2 Å². The van der Waals surface area contributed by atoms with E-state index in [9.17, 15) is 22.8 Å². The van der Waals surface area contributed by atoms with E-state index in [0.29, 0.717) is 4.90 Å². The summed E-state index contributed by atoms with van der Waals surface area (Å²) < 4.78 is 40.3. The predicted octanol–water partition coefficient (Wildman–Crippen LogP) is 0.570. The smallest absolute Gasteiger partial charge is 0.406 e. The van der Waals surface area contributed by atoms with Crippen molar-refractivity contribution in [3.63, 3.8) is 0 Å². The molecule has 86 valence electrons. The van der Waals surface area contributed by atoms with Gasteiger partial charge in [-0.1, -0.05) is 0 Å². The number of carbonyl (C=O) groups excluding carboxylic acids is 2. The largest absolute Gasteiger partial charge is 0.469 e. The Bertz CT molecular complexity index is 277. The third kappa shape index (κ3) is 3.10. The lowest BCUT2D eigenvalue weighted by Gasteiger charge is -2.17. The second-order valence-electron chi connectivity index (χ2n) is 3.31. The highest BCUT2D eigenvalue weighted by molar-refractivity contribution is 5.86. The first-order chi connectivity index (χ1) is 6.83. The molecule has 1 aliphatic rings. The summed E-state index contributed by atoms with van der Waals surface area (Å²) in [5.41, 5.74) is 0. The highest BCUT2D eigenvalue weighted by atomic mass is 19.4. The van der Waals surface area contributed by atoms with Crippen molar-refractivity contribution < 1.29 is 27.5 Å². The van der Waals surface area contributed by atoms with E-state index < -0.39 is 30.5 Å². The molecule has 1 atom stereocenters. The molecule has 0 radical (unpaired) electrons. The molecule has 4 nitrogen and oxygen atoms in total. The van der Waals surface area contributed by atoms with Crippen LogP contribution in [-0.2, 0) is 14.3 Å². The molecular weight excluding hydrogens is 215 g/mol. The van der Waals surface area contributed by atoms with Crippen LogP contribution in [0.3, 0.4) is 0 Å². The Morgan fingerprint density at radius 1 is 1.60 bits per heavy atom. The standard InChI is InChI=1S/C8H10F3NO3/c1-15-7(14)5-2-6(13)12(3-5)4-8(9,10)11/h5H,2-4H2,1H3. The fourth-order valence-corrected chi connectivity index (χ4v) is 1.47. The normalized spacial score (nSPS) is 22.0. The Kier molecular flexibility index (Phi) is 3.21. The number of nitrogens with zero attached hydrogens (tertiary/aromatic N) is 1. The monoisotopic (exact) mass is 225 g/mol. The SMILES string of the molecule is COC(=O)C1CC(=O)N(CC(F)(F)F)C1. The van der Waals surface area contributed by atoms with Gasteiger partial charge in [-0.05, 0) is 0 Å². The minimum absolute atomic E-state index is 0.206. The lowest BCUT2D eigenvalue weighted by Crippen LogP contribution is -2.35. The van der Waals surface area contributed by atoms with Crippen molar-refractivity contribution in [3.8, 4) is 0 Å². The summed E-state index contributed by atoms with van der Waals surface area (Å²) in [5.74, 6) is -2.08. The van der Waals surface area contributed by atoms with E-state index in [0.717, 1.165) is 7.11 Å². The molecule has 15 heavy (non-hydrogen) atoms. The predicted molar refractivity (Wildman–Crippen MR) is 42.8 cm³/mol. The van der Waals surface area contributed by atoms with E-state index >= 15 is 0 Å². The van der Waals surface area contributed by atoms with E-state index in [1.54, 1.807) is 0 Å². The van der Waals surface area contributed by atoms with E-state index in [1.165, 1.54) is 0 Å². The van der Waals surface area contributed by atoms with Gasteiger partial charge in [0.05, 0.1) is 13.0 Å². The average Bonchev–Trinajstić information content (AvgIpc) is 2.44. The van der Waals surface area contributed by atoms with Crippen LogP contribution in [0.5, 0.6) is 0 Å². The van der Waals surface area contributed by atoms with Crippen LogP contribution >= 0.6 is 0 Å². The Balaban J connectivity index is 2.57. The topological polar surface area (TPSA) is 46.6 Å². The molecule has 0 bridgehead atoms. The number of hydrogen-bond acceptors (Lipinski definition) is 3. The molecule has 0 saturated carbocycles. The first-order valence-electron chi connectivity index (χ1n) is 4.26. The van der Waals surface area contributed by atoms with Crippen LogP contribution in [0.2, 0.25) is 0 Å². The summed E-state index contributed by atoms with van der Waals surface area (Å²) >= 11 is 0. The molecule has 0 aliphatic carbocycles. The minimum atomic E-state index is -4.43. The third-order valence-corrected chi connectivity index (χ3v) is 2.12. The average molecular weight is 225 g/mol. The number of ether oxygens (including phenoxy) is 1. The van der Waals surface area contributed by atoms with Crippen LogP contribution in [0.4, 0.5) is 13.2 Å². The Morgan fingerprint density at radius 2 is 2.20 bits per heavy atom. The number of rotatable bonds is 2. The number of alkyl halides is 3. The summed E-state index contributed by atoms with van der Waals surface area (Å²) in [6, 6.07) is 0. The molecule has 7 heteroatoms. The molecule has 0 N–H and O–H groups in total. The molecule has 0 spiro atoms. The van der Waals surface area contributed by atoms with E-state index in [1.807, 2.05) is 0 Å². The van der Waals surface area contributed by atoms with E-state index in [2.05, 4.69) is 4.74 Å². The van der Waals surface area contributed by atoms with Gasteiger partial charge in [0.1, 0.15) is 6.54 Å². The number of amides is 1. The van der Waals surface area contributed by atoms with Crippen LogP contribution in [0.25, 0.3) is 0 Å². The van der Waals surface area contributed by atoms with Gasteiger partial charge in [0.25, 0.3) is 0 Å². The number of methoxy groups -OCH3 is 1. The third-order valence-electron chi connectivity index (χ3n) is 2.12. The Labute approximate surface area is 84.0 Å². The number of hydrogen-bond donors (Lipinski definition) is 0. The highest BCUT2D eigenvalue weighted by Gasteiger charge is 2.40. The van der Waals surface area contributed by atoms with Gasteiger partial charge >= 0.3 is 12.1 Å². The van der Waals surface area contributed by atoms with Crippen molar-refractivity contribution in [1.29, 1.82) is 0 Å². The van der Waals surface area contributed by atoms with Crippen molar-refractivity contribution >= 4 is 11.9 Å². The van der Waals surface area contributed by atoms with Gasteiger partial charge in [0.2, 0.25) is 5.91 Å². The molecule has 1 amide bonds. The summed E-state index contributed by atoms with van der Waals surface area (Å²) in [6.45, 7) is -1.52. The first-order valence-corrected chi connectivity index (χ1v) is 4.26. The summed E-state index contributed by atoms with van der Waals surface area (Å²) in [7, 11) is 1.14. The van der Waals surface area contributed by atoms with Gasteiger partial charge in [-0.25, -0.2) is 0 Å². The van der Waals surface area contributed by atoms with Crippen LogP contribution in [0, 0.1) is 5.92 Å². The van der Waals surface area contributed by atoms with Gasteiger partial charge in [-0.3, -0.25) is 9.59 Å². The molecule has 1 fully saturated rings. The second-order valence-corrected chi connectivity index (χ2v) is 3.31. The second kappa shape index (κ2) is 4.08. The molecular formula is C8H10F3NO3. The highest BCUT2D eigenvalue weighted by Crippen LogP contribution is 2.24. The molecule has 0 aromatic carbocycles. The van der Waals surface area contributed by atoms with Crippen LogP contribution < -0.4 is 0 Å². The van der Waals surface area contributed by atoms with E-state index in [-0.39, 0.29) is 13.0 Å². The maximum atomic E-state index is 12.0. The molecule has 1 saturated heterocycles. The molecule has 1 rings (SSSR count). The van der Waals surface area contributed by atoms with Gasteiger partial charge in [-0.15, -0.1) is 0 Å². The van der Waals surface area contributed by atoms with Gasteiger partial charge in [0, 0.05) is 13.0 Å². The first kappa shape index (κ1) is 11.8. The zero-order chi connectivity index (χ0) is 11.6. The number of esters is 1. The fourth-order valence-electron chi connectivity index (χ4n) is 1.47. The quantitative estimate of drug-likeness (QED) is 0.645. The zero-order valence-corrected chi connectivity index (χ0v) is 8.00. The maximum absolute atomic E-state index is 12.0. The fraction of sp³-hybridized carbons (Fsp3) is 0.750. The zero-order valence-electron chi connectivity index (χ0n) is 8.00. The summed E-state index contributed by atoms with van der Waals surface area (Å²) in [5, 5.41) is 0. The summed E-state index contributed by atoms with van der Waals surface area (Å²) in [4.78, 5) is 22.7. The Morgan fingerprint density at radius 3 is 2.67 bits per heavy atom. The molecule has 1 heterocycles. The van der Waals surface area contributed by atoms with Crippen molar-refractivity contribution in [2.24, 2.45) is 5.92 Å². The summed E-state index contributed by atoms with van der Waals surface area (Å²) in [6.07, 6.45) is -4.64.